The van der Waals surface area contributed by atoms with Crippen molar-refractivity contribution in [2.45, 2.75) is 64.5 Å². The predicted octanol–water partition coefficient (Wildman–Crippen LogP) is 3.82. The number of phenols is 1. The number of rotatable bonds is 7. The standard InChI is InChI=1S/C35H43N3O7/c1-8-9-10-18-11-13-19(14-12-18)20-15-22(37(4)5)21-16-33(2)17-34(3)29(38(6)7)28(41)24(32(36)44)30(42)35(34,45)31(43)25(33)27(40)23(21)26(20)39/h11-15,29,39-40,42,45H,8-10,16-17H2,1-7H3,(H2,36,44)/t29-,33+,34+,35-/m1/s1. The third-order valence-corrected chi connectivity index (χ3v) is 10.2. The summed E-state index contributed by atoms with van der Waals surface area (Å²) >= 11 is 0. The number of anilines is 1. The molecule has 5 rings (SSSR count). The molecule has 240 valence electrons. The molecule has 2 aromatic rings. The number of nitrogens with two attached hydrogens (primary N) is 1. The average molecular weight is 618 g/mol. The number of Topliss-reactive ketones (excluding diaryl/α,β-unsaturated/α-hetero) is 2. The first kappa shape index (κ1) is 32.2. The van der Waals surface area contributed by atoms with Crippen molar-refractivity contribution in [2.75, 3.05) is 33.1 Å². The number of nitrogens with zero attached hydrogens (tertiary/aromatic N) is 2. The molecule has 3 aliphatic rings. The first-order chi connectivity index (χ1) is 21.0. The maximum atomic E-state index is 14.6. The summed E-state index contributed by atoms with van der Waals surface area (Å²) in [5.74, 6) is -4.97. The predicted molar refractivity (Wildman–Crippen MR) is 172 cm³/mol. The van der Waals surface area contributed by atoms with Crippen LogP contribution in [-0.2, 0) is 27.2 Å². The molecule has 0 bridgehead atoms. The quantitative estimate of drug-likeness (QED) is 0.291. The summed E-state index contributed by atoms with van der Waals surface area (Å²) in [5.41, 5.74) is 2.67. The fraction of sp³-hybridized carbons (Fsp3) is 0.457. The van der Waals surface area contributed by atoms with E-state index in [9.17, 15) is 34.8 Å². The molecule has 2 aromatic carbocycles. The summed E-state index contributed by atoms with van der Waals surface area (Å²) in [6.45, 7) is 5.44. The van der Waals surface area contributed by atoms with Crippen molar-refractivity contribution < 1.29 is 34.8 Å². The van der Waals surface area contributed by atoms with Crippen molar-refractivity contribution in [3.05, 3.63) is 63.9 Å². The highest BCUT2D eigenvalue weighted by Crippen LogP contribution is 2.64. The molecule has 3 aliphatic carbocycles. The molecular weight excluding hydrogens is 574 g/mol. The number of aliphatic hydroxyl groups is 3. The first-order valence-corrected chi connectivity index (χ1v) is 15.3. The molecular formula is C35H43N3O7. The molecule has 0 spiro atoms. The maximum Gasteiger partial charge on any atom is 0.255 e. The number of carbonyl (C=O) groups excluding carboxylic acids is 3. The van der Waals surface area contributed by atoms with Gasteiger partial charge in [0.2, 0.25) is 5.78 Å². The Bertz CT molecular complexity index is 1690. The molecule has 0 heterocycles. The van der Waals surface area contributed by atoms with Gasteiger partial charge in [0.1, 0.15) is 22.8 Å². The number of aryl methyl sites for hydroxylation is 1. The number of ketones is 2. The molecule has 0 aliphatic heterocycles. The smallest absolute Gasteiger partial charge is 0.255 e. The third-order valence-electron chi connectivity index (χ3n) is 10.2. The molecule has 6 N–H and O–H groups in total. The number of amides is 1. The van der Waals surface area contributed by atoms with Gasteiger partial charge < -0.3 is 31.1 Å². The second-order valence-electron chi connectivity index (χ2n) is 13.8. The van der Waals surface area contributed by atoms with E-state index < -0.39 is 57.0 Å². The second kappa shape index (κ2) is 10.7. The summed E-state index contributed by atoms with van der Waals surface area (Å²) in [4.78, 5) is 43.9. The van der Waals surface area contributed by atoms with E-state index in [0.717, 1.165) is 30.5 Å². The lowest BCUT2D eigenvalue weighted by atomic mass is 9.46. The topological polar surface area (TPSA) is 165 Å². The molecule has 1 amide bonds. The maximum absolute atomic E-state index is 14.6. The number of aliphatic hydroxyl groups excluding tert-OH is 2. The summed E-state index contributed by atoms with van der Waals surface area (Å²) in [7, 11) is 6.87. The van der Waals surface area contributed by atoms with Crippen LogP contribution in [0.5, 0.6) is 5.75 Å². The van der Waals surface area contributed by atoms with Gasteiger partial charge >= 0.3 is 0 Å². The number of aromatic hydroxyl groups is 1. The number of hydrogen-bond donors (Lipinski definition) is 5. The van der Waals surface area contributed by atoms with E-state index in [1.54, 1.807) is 21.0 Å². The number of fused-ring (bicyclic) bond motifs is 3. The van der Waals surface area contributed by atoms with Crippen molar-refractivity contribution in [3.63, 3.8) is 0 Å². The Kier molecular flexibility index (Phi) is 7.69. The zero-order valence-electron chi connectivity index (χ0n) is 27.0. The molecule has 0 unspecified atom stereocenters. The van der Waals surface area contributed by atoms with E-state index in [2.05, 4.69) is 6.92 Å². The third kappa shape index (κ3) is 4.40. The monoisotopic (exact) mass is 617 g/mol. The lowest BCUT2D eigenvalue weighted by Crippen LogP contribution is -2.72. The Morgan fingerprint density at radius 3 is 2.20 bits per heavy atom. The molecule has 0 radical (unpaired) electrons. The molecule has 0 saturated heterocycles. The number of benzene rings is 2. The number of primary amides is 1. The van der Waals surface area contributed by atoms with Crippen LogP contribution in [0.15, 0.2) is 47.2 Å². The van der Waals surface area contributed by atoms with Crippen LogP contribution in [0, 0.1) is 10.8 Å². The van der Waals surface area contributed by atoms with Crippen molar-refractivity contribution >= 4 is 28.9 Å². The largest absolute Gasteiger partial charge is 0.508 e. The van der Waals surface area contributed by atoms with Gasteiger partial charge in [-0.3, -0.25) is 19.3 Å². The van der Waals surface area contributed by atoms with Gasteiger partial charge in [-0.2, -0.15) is 0 Å². The molecule has 10 nitrogen and oxygen atoms in total. The van der Waals surface area contributed by atoms with Crippen LogP contribution in [0.3, 0.4) is 0 Å². The molecule has 0 aromatic heterocycles. The van der Waals surface area contributed by atoms with Gasteiger partial charge in [0.15, 0.2) is 11.4 Å². The summed E-state index contributed by atoms with van der Waals surface area (Å²) in [5, 5.41) is 47.3. The number of unbranched alkanes of at least 4 members (excludes halogenated alkanes) is 1. The van der Waals surface area contributed by atoms with Crippen molar-refractivity contribution in [3.8, 4) is 16.9 Å². The Labute approximate surface area is 263 Å². The Morgan fingerprint density at radius 2 is 1.67 bits per heavy atom. The zero-order chi connectivity index (χ0) is 33.4. The summed E-state index contributed by atoms with van der Waals surface area (Å²) in [6.07, 6.45) is 3.22. The van der Waals surface area contributed by atoms with Crippen LogP contribution in [-0.4, -0.2) is 82.6 Å². The van der Waals surface area contributed by atoms with Gasteiger partial charge in [0.25, 0.3) is 5.91 Å². The van der Waals surface area contributed by atoms with E-state index in [1.165, 1.54) is 17.4 Å². The fourth-order valence-electron chi connectivity index (χ4n) is 8.22. The minimum absolute atomic E-state index is 0.0274. The Hall–Kier alpha value is -4.15. The highest BCUT2D eigenvalue weighted by atomic mass is 16.3. The normalized spacial score (nSPS) is 27.8. The van der Waals surface area contributed by atoms with Crippen LogP contribution < -0.4 is 10.6 Å². The van der Waals surface area contributed by atoms with Crippen molar-refractivity contribution in [2.24, 2.45) is 16.6 Å². The van der Waals surface area contributed by atoms with Crippen LogP contribution in [0.25, 0.3) is 16.9 Å². The molecule has 45 heavy (non-hydrogen) atoms. The van der Waals surface area contributed by atoms with E-state index >= 15 is 0 Å². The van der Waals surface area contributed by atoms with Crippen molar-refractivity contribution in [1.29, 1.82) is 0 Å². The minimum atomic E-state index is -2.76. The van der Waals surface area contributed by atoms with Gasteiger partial charge in [-0.25, -0.2) is 0 Å². The molecule has 4 atom stereocenters. The van der Waals surface area contributed by atoms with E-state index in [-0.39, 0.29) is 29.7 Å². The summed E-state index contributed by atoms with van der Waals surface area (Å²) < 4.78 is 0. The molecule has 1 fully saturated rings. The van der Waals surface area contributed by atoms with Crippen LogP contribution in [0.2, 0.25) is 0 Å². The van der Waals surface area contributed by atoms with E-state index in [4.69, 9.17) is 5.73 Å². The zero-order valence-corrected chi connectivity index (χ0v) is 27.0. The molecule has 1 saturated carbocycles. The number of phenolic OH excluding ortho intramolecular Hbond substituents is 1. The van der Waals surface area contributed by atoms with Gasteiger partial charge in [0, 0.05) is 41.7 Å². The van der Waals surface area contributed by atoms with Gasteiger partial charge in [-0.05, 0) is 62.5 Å². The van der Waals surface area contributed by atoms with Gasteiger partial charge in [-0.15, -0.1) is 0 Å². The highest BCUT2D eigenvalue weighted by Gasteiger charge is 2.72. The van der Waals surface area contributed by atoms with Crippen LogP contribution in [0.1, 0.15) is 56.7 Å². The number of hydrogen-bond acceptors (Lipinski definition) is 9. The number of carbonyl (C=O) groups is 3. The first-order valence-electron chi connectivity index (χ1n) is 15.3. The lowest BCUT2D eigenvalue weighted by Gasteiger charge is -2.59. The average Bonchev–Trinajstić information content (AvgIpc) is 2.93. The number of likely N-dealkylation sites (N-methyl/N-ethyl adjacent to an activating group) is 1. The summed E-state index contributed by atoms with van der Waals surface area (Å²) in [6, 6.07) is 8.50. The Balaban J connectivity index is 1.78. The van der Waals surface area contributed by atoms with E-state index in [1.807, 2.05) is 49.3 Å². The highest BCUT2D eigenvalue weighted by molar-refractivity contribution is 6.25. The van der Waals surface area contributed by atoms with Crippen LogP contribution in [0.4, 0.5) is 5.69 Å². The minimum Gasteiger partial charge on any atom is -0.508 e. The van der Waals surface area contributed by atoms with Crippen LogP contribution >= 0.6 is 0 Å². The second-order valence-corrected chi connectivity index (χ2v) is 13.8. The Morgan fingerprint density at radius 1 is 1.04 bits per heavy atom. The van der Waals surface area contributed by atoms with Crippen molar-refractivity contribution in [1.82, 2.24) is 4.90 Å². The fourth-order valence-corrected chi connectivity index (χ4v) is 8.22. The molecule has 10 heteroatoms. The van der Waals surface area contributed by atoms with Gasteiger partial charge in [0.05, 0.1) is 11.6 Å². The van der Waals surface area contributed by atoms with E-state index in [0.29, 0.717) is 11.1 Å². The van der Waals surface area contributed by atoms with Gasteiger partial charge in [-0.1, -0.05) is 51.5 Å². The lowest BCUT2D eigenvalue weighted by molar-refractivity contribution is -0.175. The SMILES string of the molecule is CCCCc1ccc(-c2cc(N(C)C)c3c(c2O)C(O)=C2C(=O)[C@]4(O)C(O)=C(C(N)=O)C(=O)[C@@H](N(C)C)[C@]4(C)C[C@]2(C)C3)cc1.